The van der Waals surface area contributed by atoms with Crippen molar-refractivity contribution in [3.63, 3.8) is 0 Å². The van der Waals surface area contributed by atoms with Gasteiger partial charge in [0.2, 0.25) is 15.9 Å². The summed E-state index contributed by atoms with van der Waals surface area (Å²) in [6.45, 7) is 3.60. The van der Waals surface area contributed by atoms with Crippen LogP contribution in [0.25, 0.3) is 0 Å². The van der Waals surface area contributed by atoms with Crippen LogP contribution in [-0.2, 0) is 21.4 Å². The number of hydrogen-bond acceptors (Lipinski definition) is 4. The third-order valence-corrected chi connectivity index (χ3v) is 6.65. The van der Waals surface area contributed by atoms with Crippen LogP contribution in [0.2, 0.25) is 0 Å². The molecule has 0 aliphatic carbocycles. The lowest BCUT2D eigenvalue weighted by molar-refractivity contribution is -0.116. The predicted molar refractivity (Wildman–Crippen MR) is 122 cm³/mol. The van der Waals surface area contributed by atoms with E-state index in [2.05, 4.69) is 5.32 Å². The summed E-state index contributed by atoms with van der Waals surface area (Å²) in [6, 6.07) is 21.2. The third kappa shape index (κ3) is 5.71. The minimum absolute atomic E-state index is 0.0792. The van der Waals surface area contributed by atoms with Gasteiger partial charge < -0.3 is 10.1 Å². The van der Waals surface area contributed by atoms with Crippen LogP contribution in [0.5, 0.6) is 5.75 Å². The first-order valence-electron chi connectivity index (χ1n) is 9.85. The summed E-state index contributed by atoms with van der Waals surface area (Å²) in [7, 11) is -2.38. The standard InChI is InChI=1S/C24H26N2O4S/c1-18-8-12-20(13-9-18)16-26(31(28,29)21-14-10-19(2)11-15-21)17-24(27)25-22-6-4-5-7-23(22)30-3/h4-15H,16-17H2,1-3H3,(H,25,27). The maximum Gasteiger partial charge on any atom is 0.243 e. The number of para-hydroxylation sites is 2. The molecule has 0 unspecified atom stereocenters. The number of rotatable bonds is 8. The van der Waals surface area contributed by atoms with E-state index in [1.165, 1.54) is 11.4 Å². The molecular formula is C24H26N2O4S. The van der Waals surface area contributed by atoms with Gasteiger partial charge in [-0.1, -0.05) is 59.7 Å². The summed E-state index contributed by atoms with van der Waals surface area (Å²) >= 11 is 0. The largest absolute Gasteiger partial charge is 0.495 e. The number of methoxy groups -OCH3 is 1. The number of ether oxygens (including phenoxy) is 1. The molecule has 0 heterocycles. The van der Waals surface area contributed by atoms with E-state index in [0.29, 0.717) is 11.4 Å². The van der Waals surface area contributed by atoms with Crippen molar-refractivity contribution in [2.45, 2.75) is 25.3 Å². The molecule has 0 aromatic heterocycles. The van der Waals surface area contributed by atoms with Crippen LogP contribution >= 0.6 is 0 Å². The molecule has 0 saturated heterocycles. The first kappa shape index (κ1) is 22.5. The van der Waals surface area contributed by atoms with Crippen molar-refractivity contribution in [3.8, 4) is 5.75 Å². The quantitative estimate of drug-likeness (QED) is 0.574. The fourth-order valence-electron chi connectivity index (χ4n) is 3.08. The molecule has 0 aliphatic heterocycles. The van der Waals surface area contributed by atoms with Gasteiger partial charge >= 0.3 is 0 Å². The van der Waals surface area contributed by atoms with E-state index in [4.69, 9.17) is 4.74 Å². The van der Waals surface area contributed by atoms with Crippen molar-refractivity contribution in [2.75, 3.05) is 19.0 Å². The summed E-state index contributed by atoms with van der Waals surface area (Å²) < 4.78 is 33.1. The number of anilines is 1. The highest BCUT2D eigenvalue weighted by Crippen LogP contribution is 2.24. The molecule has 0 radical (unpaired) electrons. The summed E-state index contributed by atoms with van der Waals surface area (Å²) in [5.41, 5.74) is 3.31. The average Bonchev–Trinajstić information content (AvgIpc) is 2.75. The zero-order chi connectivity index (χ0) is 22.4. The van der Waals surface area contributed by atoms with Gasteiger partial charge in [0.25, 0.3) is 0 Å². The molecular weight excluding hydrogens is 412 g/mol. The van der Waals surface area contributed by atoms with Crippen LogP contribution in [0, 0.1) is 13.8 Å². The van der Waals surface area contributed by atoms with Crippen molar-refractivity contribution in [3.05, 3.63) is 89.5 Å². The number of hydrogen-bond donors (Lipinski definition) is 1. The number of nitrogens with one attached hydrogen (secondary N) is 1. The first-order valence-corrected chi connectivity index (χ1v) is 11.3. The SMILES string of the molecule is COc1ccccc1NC(=O)CN(Cc1ccc(C)cc1)S(=O)(=O)c1ccc(C)cc1. The van der Waals surface area contributed by atoms with E-state index in [0.717, 1.165) is 16.7 Å². The minimum atomic E-state index is -3.89. The third-order valence-electron chi connectivity index (χ3n) is 4.84. The number of benzene rings is 3. The lowest BCUT2D eigenvalue weighted by Gasteiger charge is -2.22. The molecule has 3 aromatic rings. The Morgan fingerprint density at radius 3 is 2.10 bits per heavy atom. The number of amides is 1. The van der Waals surface area contributed by atoms with E-state index in [9.17, 15) is 13.2 Å². The Morgan fingerprint density at radius 2 is 1.48 bits per heavy atom. The van der Waals surface area contributed by atoms with Gasteiger partial charge in [-0.15, -0.1) is 0 Å². The van der Waals surface area contributed by atoms with Gasteiger partial charge in [0.15, 0.2) is 0 Å². The first-order chi connectivity index (χ1) is 14.8. The molecule has 7 heteroatoms. The fourth-order valence-corrected chi connectivity index (χ4v) is 4.46. The van der Waals surface area contributed by atoms with Crippen LogP contribution in [0.1, 0.15) is 16.7 Å². The molecule has 0 saturated carbocycles. The smallest absolute Gasteiger partial charge is 0.243 e. The Kier molecular flexibility index (Phi) is 7.09. The van der Waals surface area contributed by atoms with Crippen molar-refractivity contribution in [1.82, 2.24) is 4.31 Å². The molecule has 0 fully saturated rings. The molecule has 0 spiro atoms. The highest BCUT2D eigenvalue weighted by Gasteiger charge is 2.27. The highest BCUT2D eigenvalue weighted by molar-refractivity contribution is 7.89. The van der Waals surface area contributed by atoms with E-state index >= 15 is 0 Å². The van der Waals surface area contributed by atoms with Crippen LogP contribution in [0.15, 0.2) is 77.7 Å². The second kappa shape index (κ2) is 9.76. The van der Waals surface area contributed by atoms with Gasteiger partial charge in [-0.05, 0) is 43.7 Å². The van der Waals surface area contributed by atoms with Crippen molar-refractivity contribution in [1.29, 1.82) is 0 Å². The maximum absolute atomic E-state index is 13.3. The van der Waals surface area contributed by atoms with E-state index < -0.39 is 15.9 Å². The number of carbonyl (C=O) groups is 1. The highest BCUT2D eigenvalue weighted by atomic mass is 32.2. The molecule has 0 atom stereocenters. The number of aryl methyl sites for hydroxylation is 2. The molecule has 1 amide bonds. The number of carbonyl (C=O) groups excluding carboxylic acids is 1. The van der Waals surface area contributed by atoms with E-state index in [1.54, 1.807) is 48.5 Å². The maximum atomic E-state index is 13.3. The Morgan fingerprint density at radius 1 is 0.903 bits per heavy atom. The summed E-state index contributed by atoms with van der Waals surface area (Å²) in [5.74, 6) is 0.0506. The molecule has 31 heavy (non-hydrogen) atoms. The second-order valence-corrected chi connectivity index (χ2v) is 9.26. The molecule has 6 nitrogen and oxygen atoms in total. The van der Waals surface area contributed by atoms with E-state index in [1.807, 2.05) is 38.1 Å². The summed E-state index contributed by atoms with van der Waals surface area (Å²) in [6.07, 6.45) is 0. The lowest BCUT2D eigenvalue weighted by atomic mass is 10.1. The number of sulfonamides is 1. The monoisotopic (exact) mass is 438 g/mol. The molecule has 3 aromatic carbocycles. The molecule has 0 bridgehead atoms. The Hall–Kier alpha value is -3.16. The zero-order valence-electron chi connectivity index (χ0n) is 17.8. The van der Waals surface area contributed by atoms with Crippen molar-refractivity contribution >= 4 is 21.6 Å². The van der Waals surface area contributed by atoms with Gasteiger partial charge in [0.1, 0.15) is 5.75 Å². The van der Waals surface area contributed by atoms with Crippen LogP contribution in [-0.4, -0.2) is 32.3 Å². The Bertz CT molecular complexity index is 1140. The fraction of sp³-hybridized carbons (Fsp3) is 0.208. The van der Waals surface area contributed by atoms with Crippen LogP contribution < -0.4 is 10.1 Å². The van der Waals surface area contributed by atoms with Gasteiger partial charge in [-0.3, -0.25) is 4.79 Å². The zero-order valence-corrected chi connectivity index (χ0v) is 18.6. The lowest BCUT2D eigenvalue weighted by Crippen LogP contribution is -2.37. The summed E-state index contributed by atoms with van der Waals surface area (Å²) in [5, 5.41) is 2.75. The summed E-state index contributed by atoms with van der Waals surface area (Å²) in [4.78, 5) is 12.9. The minimum Gasteiger partial charge on any atom is -0.495 e. The predicted octanol–water partition coefficient (Wildman–Crippen LogP) is 4.14. The van der Waals surface area contributed by atoms with Crippen LogP contribution in [0.4, 0.5) is 5.69 Å². The topological polar surface area (TPSA) is 75.7 Å². The van der Waals surface area contributed by atoms with Crippen LogP contribution in [0.3, 0.4) is 0 Å². The van der Waals surface area contributed by atoms with Crippen molar-refractivity contribution < 1.29 is 17.9 Å². The average molecular weight is 439 g/mol. The normalized spacial score (nSPS) is 11.4. The Balaban J connectivity index is 1.88. The van der Waals surface area contributed by atoms with E-state index in [-0.39, 0.29) is 18.0 Å². The molecule has 0 aliphatic rings. The van der Waals surface area contributed by atoms with Gasteiger partial charge in [-0.2, -0.15) is 4.31 Å². The Labute approximate surface area is 183 Å². The molecule has 3 rings (SSSR count). The molecule has 1 N–H and O–H groups in total. The van der Waals surface area contributed by atoms with Gasteiger partial charge in [0.05, 0.1) is 24.2 Å². The van der Waals surface area contributed by atoms with Gasteiger partial charge in [0, 0.05) is 6.54 Å². The second-order valence-electron chi connectivity index (χ2n) is 7.32. The molecule has 162 valence electrons. The van der Waals surface area contributed by atoms with Crippen molar-refractivity contribution in [2.24, 2.45) is 0 Å². The van der Waals surface area contributed by atoms with Gasteiger partial charge in [-0.25, -0.2) is 8.42 Å². The number of nitrogens with zero attached hydrogens (tertiary/aromatic N) is 1.